The minimum atomic E-state index is -1.31. The number of aliphatic carboxylic acids is 1. The van der Waals surface area contributed by atoms with E-state index in [4.69, 9.17) is 16.6 Å². The number of hydrogen-bond donors (Lipinski definition) is 6. The number of amides is 2. The summed E-state index contributed by atoms with van der Waals surface area (Å²) in [5.41, 5.74) is 15.2. The Hall–Kier alpha value is -5.86. The van der Waals surface area contributed by atoms with Crippen molar-refractivity contribution < 1.29 is 29.4 Å². The molecule has 1 aliphatic rings. The highest BCUT2D eigenvalue weighted by Crippen LogP contribution is 2.30. The molecule has 43 heavy (non-hydrogen) atoms. The fraction of sp³-hybridized carbons (Fsp3) is 0.214. The molecule has 0 saturated heterocycles. The van der Waals surface area contributed by atoms with Crippen LogP contribution < -0.4 is 27.0 Å². The van der Waals surface area contributed by atoms with Crippen molar-refractivity contribution in [2.24, 2.45) is 0 Å². The number of carboxylic acid groups (broad SMARTS) is 2. The predicted molar refractivity (Wildman–Crippen MR) is 155 cm³/mol. The Morgan fingerprint density at radius 3 is 2.58 bits per heavy atom. The molecule has 1 atom stereocenters. The quantitative estimate of drug-likeness (QED) is 0.155. The van der Waals surface area contributed by atoms with Crippen LogP contribution in [0.4, 0.5) is 23.1 Å². The van der Waals surface area contributed by atoms with Gasteiger partial charge in [-0.3, -0.25) is 9.59 Å². The number of hydrogen-bond acceptors (Lipinski definition) is 11. The zero-order valence-electron chi connectivity index (χ0n) is 22.6. The number of nitrogens with two attached hydrogens (primary N) is 2. The topological polar surface area (TPSA) is 240 Å². The average Bonchev–Trinajstić information content (AvgIpc) is 3.37. The average molecular weight is 586 g/mol. The van der Waals surface area contributed by atoms with E-state index in [1.165, 1.54) is 24.3 Å². The number of rotatable bonds is 10. The number of carboxylic acids is 2. The van der Waals surface area contributed by atoms with Crippen molar-refractivity contribution in [3.63, 3.8) is 0 Å². The van der Waals surface area contributed by atoms with Crippen LogP contribution in [-0.4, -0.2) is 66.5 Å². The van der Waals surface area contributed by atoms with Gasteiger partial charge in [0.1, 0.15) is 6.04 Å². The van der Waals surface area contributed by atoms with E-state index in [0.717, 1.165) is 11.3 Å². The number of nitrogens with zero attached hydrogens (tertiary/aromatic N) is 5. The van der Waals surface area contributed by atoms with Gasteiger partial charge in [0, 0.05) is 29.9 Å². The van der Waals surface area contributed by atoms with Crippen molar-refractivity contribution in [3.8, 4) is 0 Å². The van der Waals surface area contributed by atoms with E-state index in [9.17, 15) is 24.3 Å². The Kier molecular flexibility index (Phi) is 7.96. The van der Waals surface area contributed by atoms with Crippen LogP contribution >= 0.6 is 0 Å². The van der Waals surface area contributed by atoms with Gasteiger partial charge in [-0.05, 0) is 54.8 Å². The number of benzene rings is 2. The Balaban J connectivity index is 1.20. The smallest absolute Gasteiger partial charge is 0.335 e. The lowest BCUT2D eigenvalue weighted by atomic mass is 10.1. The van der Waals surface area contributed by atoms with E-state index in [1.54, 1.807) is 24.4 Å². The molecule has 2 aromatic heterocycles. The van der Waals surface area contributed by atoms with Crippen molar-refractivity contribution in [1.29, 1.82) is 0 Å². The number of fused-ring (bicyclic) bond motifs is 2. The third-order valence-electron chi connectivity index (χ3n) is 6.84. The van der Waals surface area contributed by atoms with Crippen molar-refractivity contribution >= 4 is 58.1 Å². The largest absolute Gasteiger partial charge is 0.480 e. The first kappa shape index (κ1) is 28.7. The van der Waals surface area contributed by atoms with Crippen molar-refractivity contribution in [2.45, 2.75) is 31.8 Å². The summed E-state index contributed by atoms with van der Waals surface area (Å²) in [5.74, 6) is -3.38. The Labute approximate surface area is 244 Å². The SMILES string of the molecule is Nc1nc(N)c2nc(CN3CCc4cc(C(=O)NC(CCC(=O)Nc5cccc(C(=O)O)c5)C(=O)O)ccc43)cnc2n1. The van der Waals surface area contributed by atoms with E-state index < -0.39 is 29.8 Å². The molecule has 0 spiro atoms. The summed E-state index contributed by atoms with van der Waals surface area (Å²) >= 11 is 0. The molecule has 2 amide bonds. The van der Waals surface area contributed by atoms with Crippen molar-refractivity contribution in [1.82, 2.24) is 25.3 Å². The second-order valence-electron chi connectivity index (χ2n) is 9.85. The molecule has 220 valence electrons. The minimum Gasteiger partial charge on any atom is -0.480 e. The summed E-state index contributed by atoms with van der Waals surface area (Å²) in [6.07, 6.45) is 1.87. The van der Waals surface area contributed by atoms with Gasteiger partial charge in [-0.15, -0.1) is 0 Å². The first-order valence-corrected chi connectivity index (χ1v) is 13.2. The molecule has 1 aliphatic heterocycles. The molecule has 0 aliphatic carbocycles. The first-order chi connectivity index (χ1) is 20.6. The molecule has 0 bridgehead atoms. The normalized spacial score (nSPS) is 12.9. The van der Waals surface area contributed by atoms with Crippen LogP contribution in [0.5, 0.6) is 0 Å². The summed E-state index contributed by atoms with van der Waals surface area (Å²) in [5, 5.41) is 23.8. The molecule has 5 rings (SSSR count). The molecule has 15 nitrogen and oxygen atoms in total. The van der Waals surface area contributed by atoms with Gasteiger partial charge in [-0.1, -0.05) is 6.07 Å². The minimum absolute atomic E-state index is 0.000396. The number of carbonyl (C=O) groups excluding carboxylic acids is 2. The highest BCUT2D eigenvalue weighted by atomic mass is 16.4. The molecule has 0 fully saturated rings. The molecule has 3 heterocycles. The summed E-state index contributed by atoms with van der Waals surface area (Å²) in [6.45, 7) is 1.09. The summed E-state index contributed by atoms with van der Waals surface area (Å²) < 4.78 is 0. The van der Waals surface area contributed by atoms with Gasteiger partial charge in [0.15, 0.2) is 17.0 Å². The highest BCUT2D eigenvalue weighted by molar-refractivity contribution is 5.98. The third-order valence-corrected chi connectivity index (χ3v) is 6.84. The second-order valence-corrected chi connectivity index (χ2v) is 9.85. The van der Waals surface area contributed by atoms with Crippen molar-refractivity contribution in [3.05, 3.63) is 71.0 Å². The Morgan fingerprint density at radius 1 is 1.00 bits per heavy atom. The lowest BCUT2D eigenvalue weighted by molar-refractivity contribution is -0.139. The zero-order chi connectivity index (χ0) is 30.7. The number of anilines is 4. The molecule has 15 heteroatoms. The number of aromatic carboxylic acids is 1. The molecule has 8 N–H and O–H groups in total. The van der Waals surface area contributed by atoms with E-state index >= 15 is 0 Å². The molecule has 4 aromatic rings. The number of nitrogens with one attached hydrogen (secondary N) is 2. The maximum absolute atomic E-state index is 13.0. The van der Waals surface area contributed by atoms with Gasteiger partial charge in [0.2, 0.25) is 11.9 Å². The van der Waals surface area contributed by atoms with Crippen LogP contribution in [0, 0.1) is 0 Å². The van der Waals surface area contributed by atoms with E-state index in [-0.39, 0.29) is 41.4 Å². The van der Waals surface area contributed by atoms with Gasteiger partial charge in [-0.25, -0.2) is 19.6 Å². The number of carbonyl (C=O) groups is 4. The second kappa shape index (κ2) is 11.9. The number of nitrogen functional groups attached to an aromatic ring is 2. The lowest BCUT2D eigenvalue weighted by Crippen LogP contribution is -2.41. The monoisotopic (exact) mass is 585 g/mol. The third kappa shape index (κ3) is 6.56. The fourth-order valence-corrected chi connectivity index (χ4v) is 4.76. The van der Waals surface area contributed by atoms with Gasteiger partial charge >= 0.3 is 11.9 Å². The van der Waals surface area contributed by atoms with Crippen LogP contribution in [0.1, 0.15) is 44.8 Å². The van der Waals surface area contributed by atoms with Crippen LogP contribution in [0.2, 0.25) is 0 Å². The predicted octanol–water partition coefficient (Wildman–Crippen LogP) is 1.45. The highest BCUT2D eigenvalue weighted by Gasteiger charge is 2.25. The van der Waals surface area contributed by atoms with Crippen LogP contribution in [-0.2, 0) is 22.6 Å². The van der Waals surface area contributed by atoms with E-state index in [2.05, 4.69) is 35.5 Å². The molecule has 2 aromatic carbocycles. The summed E-state index contributed by atoms with van der Waals surface area (Å²) in [7, 11) is 0. The zero-order valence-corrected chi connectivity index (χ0v) is 22.6. The van der Waals surface area contributed by atoms with Crippen LogP contribution in [0.15, 0.2) is 48.7 Å². The Morgan fingerprint density at radius 2 is 1.81 bits per heavy atom. The molecule has 0 saturated carbocycles. The standard InChI is InChI=1S/C28H27N9O6/c29-23-22-24(36-28(30)35-23)31-12-18(33-22)13-37-9-8-14-10-15(4-6-20(14)37)25(39)34-19(27(42)43)5-7-21(38)32-17-3-1-2-16(11-17)26(40)41/h1-4,6,10-12,19H,5,7-9,13H2,(H,32,38)(H,34,39)(H,40,41)(H,42,43)(H4,29,30,31,35,36). The molecular formula is C28H27N9O6. The van der Waals surface area contributed by atoms with Crippen LogP contribution in [0.25, 0.3) is 11.2 Å². The molecule has 1 unspecified atom stereocenters. The first-order valence-electron chi connectivity index (χ1n) is 13.2. The maximum atomic E-state index is 13.0. The fourth-order valence-electron chi connectivity index (χ4n) is 4.76. The lowest BCUT2D eigenvalue weighted by Gasteiger charge is -2.19. The summed E-state index contributed by atoms with van der Waals surface area (Å²) in [6, 6.07) is 9.48. The summed E-state index contributed by atoms with van der Waals surface area (Å²) in [4.78, 5) is 67.1. The Bertz CT molecular complexity index is 1760. The van der Waals surface area contributed by atoms with Crippen LogP contribution in [0.3, 0.4) is 0 Å². The van der Waals surface area contributed by atoms with Gasteiger partial charge in [-0.2, -0.15) is 9.97 Å². The molecular weight excluding hydrogens is 558 g/mol. The van der Waals surface area contributed by atoms with Gasteiger partial charge < -0.3 is 37.2 Å². The maximum Gasteiger partial charge on any atom is 0.335 e. The number of aromatic nitrogens is 4. The van der Waals surface area contributed by atoms with Gasteiger partial charge in [0.05, 0.1) is 24.0 Å². The molecule has 0 radical (unpaired) electrons. The van der Waals surface area contributed by atoms with E-state index in [0.29, 0.717) is 36.4 Å². The van der Waals surface area contributed by atoms with Gasteiger partial charge in [0.25, 0.3) is 5.91 Å². The van der Waals surface area contributed by atoms with E-state index in [1.807, 2.05) is 0 Å². The van der Waals surface area contributed by atoms with Crippen molar-refractivity contribution in [2.75, 3.05) is 28.2 Å².